The van der Waals surface area contributed by atoms with Crippen molar-refractivity contribution in [3.63, 3.8) is 0 Å². The Morgan fingerprint density at radius 3 is 2.50 bits per heavy atom. The third kappa shape index (κ3) is 4.32. The van der Waals surface area contributed by atoms with Gasteiger partial charge < -0.3 is 5.32 Å². The van der Waals surface area contributed by atoms with Gasteiger partial charge in [0.2, 0.25) is 5.91 Å². The van der Waals surface area contributed by atoms with Gasteiger partial charge in [-0.3, -0.25) is 9.59 Å². The maximum atomic E-state index is 12.5. The molecule has 5 nitrogen and oxygen atoms in total. The maximum Gasteiger partial charge on any atom is 0.275 e. The fraction of sp³-hybridized carbons (Fsp3) is 0.250. The van der Waals surface area contributed by atoms with E-state index in [0.29, 0.717) is 11.9 Å². The van der Waals surface area contributed by atoms with Crippen LogP contribution in [0.2, 0.25) is 0 Å². The highest BCUT2D eigenvalue weighted by molar-refractivity contribution is 7.99. The topological polar surface area (TPSA) is 64.0 Å². The normalized spacial score (nSPS) is 10.8. The minimum atomic E-state index is -0.240. The molecule has 0 aliphatic carbocycles. The predicted molar refractivity (Wildman–Crippen MR) is 106 cm³/mol. The van der Waals surface area contributed by atoms with Crippen LogP contribution in [0.3, 0.4) is 0 Å². The first kappa shape index (κ1) is 18.2. The van der Waals surface area contributed by atoms with E-state index in [-0.39, 0.29) is 18.0 Å². The van der Waals surface area contributed by atoms with Gasteiger partial charge in [0.25, 0.3) is 5.56 Å². The number of hydrogen-bond donors (Lipinski definition) is 1. The molecule has 2 aromatic carbocycles. The third-order valence-electron chi connectivity index (χ3n) is 4.06. The van der Waals surface area contributed by atoms with Crippen molar-refractivity contribution in [3.8, 4) is 0 Å². The fourth-order valence-electron chi connectivity index (χ4n) is 2.70. The van der Waals surface area contributed by atoms with E-state index < -0.39 is 0 Å². The lowest BCUT2D eigenvalue weighted by Crippen LogP contribution is -2.35. The standard InChI is InChI=1S/C20H21N3O2S/c1-14-7-9-16(10-8-14)26-12-11-21-19(24)13-23-20(25)18-6-4-3-5-17(18)15(2)22-23/h3-10H,11-13H2,1-2H3,(H,21,24). The van der Waals surface area contributed by atoms with Crippen molar-refractivity contribution in [3.05, 3.63) is 70.1 Å². The zero-order valence-corrected chi connectivity index (χ0v) is 15.7. The number of aromatic nitrogens is 2. The van der Waals surface area contributed by atoms with Gasteiger partial charge in [0, 0.05) is 22.6 Å². The number of aryl methyl sites for hydroxylation is 2. The summed E-state index contributed by atoms with van der Waals surface area (Å²) in [6.07, 6.45) is 0. The van der Waals surface area contributed by atoms with Crippen LogP contribution in [-0.2, 0) is 11.3 Å². The largest absolute Gasteiger partial charge is 0.354 e. The van der Waals surface area contributed by atoms with E-state index in [4.69, 9.17) is 0 Å². The van der Waals surface area contributed by atoms with Crippen molar-refractivity contribution in [2.24, 2.45) is 0 Å². The first-order valence-electron chi connectivity index (χ1n) is 8.47. The molecule has 26 heavy (non-hydrogen) atoms. The summed E-state index contributed by atoms with van der Waals surface area (Å²) < 4.78 is 1.24. The van der Waals surface area contributed by atoms with E-state index in [1.165, 1.54) is 15.1 Å². The number of hydrogen-bond acceptors (Lipinski definition) is 4. The Morgan fingerprint density at radius 1 is 1.08 bits per heavy atom. The smallest absolute Gasteiger partial charge is 0.275 e. The van der Waals surface area contributed by atoms with Crippen LogP contribution in [-0.4, -0.2) is 28.0 Å². The number of fused-ring (bicyclic) bond motifs is 1. The van der Waals surface area contributed by atoms with E-state index in [1.54, 1.807) is 17.8 Å². The fourth-order valence-corrected chi connectivity index (χ4v) is 3.47. The number of nitrogens with one attached hydrogen (secondary N) is 1. The number of rotatable bonds is 6. The Hall–Kier alpha value is -2.60. The van der Waals surface area contributed by atoms with Crippen LogP contribution >= 0.6 is 11.8 Å². The van der Waals surface area contributed by atoms with Gasteiger partial charge >= 0.3 is 0 Å². The Bertz CT molecular complexity index is 981. The van der Waals surface area contributed by atoms with Crippen molar-refractivity contribution < 1.29 is 4.79 Å². The van der Waals surface area contributed by atoms with Crippen molar-refractivity contribution in [1.29, 1.82) is 0 Å². The van der Waals surface area contributed by atoms with E-state index in [1.807, 2.05) is 25.1 Å². The lowest BCUT2D eigenvalue weighted by Gasteiger charge is -2.09. The molecule has 0 spiro atoms. The van der Waals surface area contributed by atoms with Gasteiger partial charge in [0.05, 0.1) is 11.1 Å². The molecule has 3 aromatic rings. The third-order valence-corrected chi connectivity index (χ3v) is 5.07. The van der Waals surface area contributed by atoms with E-state index >= 15 is 0 Å². The first-order valence-corrected chi connectivity index (χ1v) is 9.46. The molecule has 1 N–H and O–H groups in total. The van der Waals surface area contributed by atoms with Gasteiger partial charge in [-0.25, -0.2) is 4.68 Å². The molecule has 3 rings (SSSR count). The maximum absolute atomic E-state index is 12.5. The molecular formula is C20H21N3O2S. The summed E-state index contributed by atoms with van der Waals surface area (Å²) in [4.78, 5) is 25.8. The first-order chi connectivity index (χ1) is 12.5. The van der Waals surface area contributed by atoms with Crippen LogP contribution in [0.4, 0.5) is 0 Å². The molecule has 134 valence electrons. The molecule has 0 atom stereocenters. The zero-order chi connectivity index (χ0) is 18.5. The van der Waals surface area contributed by atoms with Gasteiger partial charge in [0.15, 0.2) is 0 Å². The van der Waals surface area contributed by atoms with Crippen LogP contribution in [0, 0.1) is 13.8 Å². The van der Waals surface area contributed by atoms with Crippen LogP contribution < -0.4 is 10.9 Å². The van der Waals surface area contributed by atoms with Gasteiger partial charge in [-0.15, -0.1) is 11.8 Å². The molecule has 0 aliphatic rings. The highest BCUT2D eigenvalue weighted by Gasteiger charge is 2.10. The second kappa shape index (κ2) is 8.19. The predicted octanol–water partition coefficient (Wildman–Crippen LogP) is 2.92. The van der Waals surface area contributed by atoms with Crippen molar-refractivity contribution >= 4 is 28.4 Å². The molecule has 0 aliphatic heterocycles. The van der Waals surface area contributed by atoms with Crippen molar-refractivity contribution in [1.82, 2.24) is 15.1 Å². The molecule has 6 heteroatoms. The SMILES string of the molecule is Cc1ccc(SCCNC(=O)Cn2nc(C)c3ccccc3c2=O)cc1. The number of carbonyl (C=O) groups excluding carboxylic acids is 1. The summed E-state index contributed by atoms with van der Waals surface area (Å²) in [7, 11) is 0. The van der Waals surface area contributed by atoms with Gasteiger partial charge in [-0.1, -0.05) is 35.9 Å². The van der Waals surface area contributed by atoms with Crippen molar-refractivity contribution in [2.45, 2.75) is 25.3 Å². The summed E-state index contributed by atoms with van der Waals surface area (Å²) in [5, 5.41) is 8.52. The minimum absolute atomic E-state index is 0.0697. The summed E-state index contributed by atoms with van der Waals surface area (Å²) in [6, 6.07) is 15.6. The van der Waals surface area contributed by atoms with Gasteiger partial charge in [0.1, 0.15) is 6.54 Å². The van der Waals surface area contributed by atoms with E-state index in [0.717, 1.165) is 16.8 Å². The van der Waals surface area contributed by atoms with Crippen LogP contribution in [0.25, 0.3) is 10.8 Å². The molecule has 1 amide bonds. The van der Waals surface area contributed by atoms with Gasteiger partial charge in [-0.05, 0) is 32.0 Å². The lowest BCUT2D eigenvalue weighted by atomic mass is 10.1. The van der Waals surface area contributed by atoms with E-state index in [2.05, 4.69) is 41.6 Å². The average Bonchev–Trinajstić information content (AvgIpc) is 2.64. The molecule has 0 saturated heterocycles. The number of carbonyl (C=O) groups is 1. The lowest BCUT2D eigenvalue weighted by molar-refractivity contribution is -0.121. The second-order valence-electron chi connectivity index (χ2n) is 6.11. The quantitative estimate of drug-likeness (QED) is 0.537. The number of nitrogens with zero attached hydrogens (tertiary/aromatic N) is 2. The highest BCUT2D eigenvalue weighted by atomic mass is 32.2. The molecule has 0 unspecified atom stereocenters. The Labute approximate surface area is 156 Å². The Morgan fingerprint density at radius 2 is 1.77 bits per heavy atom. The van der Waals surface area contributed by atoms with Crippen molar-refractivity contribution in [2.75, 3.05) is 12.3 Å². The van der Waals surface area contributed by atoms with Crippen LogP contribution in [0.15, 0.2) is 58.2 Å². The number of amides is 1. The Balaban J connectivity index is 1.56. The zero-order valence-electron chi connectivity index (χ0n) is 14.9. The number of thioether (sulfide) groups is 1. The summed E-state index contributed by atoms with van der Waals surface area (Å²) in [6.45, 7) is 4.37. The molecule has 0 bridgehead atoms. The molecule has 0 saturated carbocycles. The molecule has 0 radical (unpaired) electrons. The van der Waals surface area contributed by atoms with Crippen LogP contribution in [0.1, 0.15) is 11.3 Å². The monoisotopic (exact) mass is 367 g/mol. The molecule has 0 fully saturated rings. The molecule has 1 heterocycles. The van der Waals surface area contributed by atoms with E-state index in [9.17, 15) is 9.59 Å². The minimum Gasteiger partial charge on any atom is -0.354 e. The number of benzene rings is 2. The highest BCUT2D eigenvalue weighted by Crippen LogP contribution is 2.17. The summed E-state index contributed by atoms with van der Waals surface area (Å²) in [5.74, 6) is 0.562. The molecule has 1 aromatic heterocycles. The summed E-state index contributed by atoms with van der Waals surface area (Å²) in [5.41, 5.74) is 1.73. The summed E-state index contributed by atoms with van der Waals surface area (Å²) >= 11 is 1.69. The molecular weight excluding hydrogens is 346 g/mol. The average molecular weight is 367 g/mol. The second-order valence-corrected chi connectivity index (χ2v) is 7.27. The van der Waals surface area contributed by atoms with Gasteiger partial charge in [-0.2, -0.15) is 5.10 Å². The Kier molecular flexibility index (Phi) is 5.73. The van der Waals surface area contributed by atoms with Crippen LogP contribution in [0.5, 0.6) is 0 Å².